The number of hydrogen-bond donors (Lipinski definition) is 0. The first kappa shape index (κ1) is 28.4. The summed E-state index contributed by atoms with van der Waals surface area (Å²) >= 11 is 6.01. The first-order valence-electron chi connectivity index (χ1n) is 13.7. The van der Waals surface area contributed by atoms with E-state index in [2.05, 4.69) is 35.7 Å². The highest BCUT2D eigenvalue weighted by molar-refractivity contribution is 6.28. The lowest BCUT2D eigenvalue weighted by molar-refractivity contribution is -0.118. The second-order valence-corrected chi connectivity index (χ2v) is 10.7. The molecule has 2 unspecified atom stereocenters. The summed E-state index contributed by atoms with van der Waals surface area (Å²) < 4.78 is 27.6. The molecule has 2 aliphatic rings. The Labute approximate surface area is 229 Å². The normalized spacial score (nSPS) is 18.7. The topological polar surface area (TPSA) is 74.2 Å². The van der Waals surface area contributed by atoms with Gasteiger partial charge in [0.15, 0.2) is 11.6 Å². The smallest absolute Gasteiger partial charge is 0.258 e. The summed E-state index contributed by atoms with van der Waals surface area (Å²) in [6, 6.07) is 0. The zero-order valence-electron chi connectivity index (χ0n) is 23.2. The first-order valence-corrected chi connectivity index (χ1v) is 14.0. The van der Waals surface area contributed by atoms with Crippen LogP contribution in [0.2, 0.25) is 5.28 Å². The summed E-state index contributed by atoms with van der Waals surface area (Å²) in [6.45, 7) is 13.1. The number of nitrogens with zero attached hydrogens (tertiary/aromatic N) is 3. The first-order chi connectivity index (χ1) is 18.2. The van der Waals surface area contributed by atoms with Crippen molar-refractivity contribution >= 4 is 23.0 Å². The maximum absolute atomic E-state index is 16.3. The van der Waals surface area contributed by atoms with Gasteiger partial charge in [0, 0.05) is 36.1 Å². The van der Waals surface area contributed by atoms with Gasteiger partial charge < -0.3 is 9.47 Å². The number of carbonyl (C=O) groups is 1. The Bertz CT molecular complexity index is 1290. The van der Waals surface area contributed by atoms with Gasteiger partial charge >= 0.3 is 0 Å². The van der Waals surface area contributed by atoms with Gasteiger partial charge in [0.2, 0.25) is 11.2 Å². The van der Waals surface area contributed by atoms with Crippen molar-refractivity contribution in [1.29, 1.82) is 0 Å². The van der Waals surface area contributed by atoms with Crippen LogP contribution in [0.5, 0.6) is 11.8 Å². The van der Waals surface area contributed by atoms with Crippen LogP contribution in [0.3, 0.4) is 0 Å². The molecule has 2 aliphatic carbocycles. The number of aromatic nitrogens is 3. The number of aryl methyl sites for hydroxylation is 1. The minimum absolute atomic E-state index is 0.0133. The fraction of sp³-hybridized carbons (Fsp3) is 0.533. The molecule has 0 saturated heterocycles. The predicted molar refractivity (Wildman–Crippen MR) is 147 cm³/mol. The van der Waals surface area contributed by atoms with Gasteiger partial charge in [-0.25, -0.2) is 14.4 Å². The van der Waals surface area contributed by atoms with Gasteiger partial charge in [-0.05, 0) is 79.2 Å². The third kappa shape index (κ3) is 5.41. The quantitative estimate of drug-likeness (QED) is 0.287. The van der Waals surface area contributed by atoms with Crippen LogP contribution in [-0.2, 0) is 22.6 Å². The second-order valence-electron chi connectivity index (χ2n) is 10.4. The van der Waals surface area contributed by atoms with Crippen molar-refractivity contribution in [2.24, 2.45) is 17.8 Å². The van der Waals surface area contributed by atoms with Gasteiger partial charge in [0.25, 0.3) is 5.88 Å². The largest absolute Gasteiger partial charge is 0.417 e. The van der Waals surface area contributed by atoms with E-state index in [0.29, 0.717) is 37.0 Å². The highest BCUT2D eigenvalue weighted by atomic mass is 35.5. The van der Waals surface area contributed by atoms with Gasteiger partial charge in [0.05, 0.1) is 12.2 Å². The standard InChI is InChI=1S/C30H37ClFN3O3/c1-7-16(4)23-18(6)12-22-21(25(23)27(36)17(5)8-2)11-10-19-13-33-29(26(32)24(19)22)38-28-20(15-37-9-3)14-34-30(31)35-28/h13-14,16-18H,7-12,15H2,1-6H3/t16-,17?,18?/m0/s1. The van der Waals surface area contributed by atoms with Crippen molar-refractivity contribution in [2.75, 3.05) is 6.61 Å². The third-order valence-electron chi connectivity index (χ3n) is 7.91. The molecule has 0 aromatic carbocycles. The highest BCUT2D eigenvalue weighted by Crippen LogP contribution is 2.49. The summed E-state index contributed by atoms with van der Waals surface area (Å²) in [4.78, 5) is 26.2. The SMILES string of the molecule is CCOCc1cnc(Cl)nc1Oc1ncc2c(c1F)C1=C(CC2)C(C(=O)C(C)CC)=C([C@@H](C)CC)C(C)C1. The van der Waals surface area contributed by atoms with Crippen LogP contribution in [0, 0.1) is 23.6 Å². The van der Waals surface area contributed by atoms with Gasteiger partial charge in [0.1, 0.15) is 0 Å². The second kappa shape index (κ2) is 12.0. The van der Waals surface area contributed by atoms with E-state index >= 15 is 4.39 Å². The maximum Gasteiger partial charge on any atom is 0.258 e. The van der Waals surface area contributed by atoms with E-state index in [1.165, 1.54) is 11.8 Å². The van der Waals surface area contributed by atoms with Gasteiger partial charge in [-0.3, -0.25) is 4.79 Å². The van der Waals surface area contributed by atoms with E-state index in [0.717, 1.165) is 35.1 Å². The van der Waals surface area contributed by atoms with Crippen molar-refractivity contribution < 1.29 is 18.7 Å². The van der Waals surface area contributed by atoms with Crippen LogP contribution in [0.15, 0.2) is 29.1 Å². The third-order valence-corrected chi connectivity index (χ3v) is 8.09. The Balaban J connectivity index is 1.84. The molecule has 0 saturated carbocycles. The zero-order chi connectivity index (χ0) is 27.6. The summed E-state index contributed by atoms with van der Waals surface area (Å²) in [5, 5.41) is -0.0133. The monoisotopic (exact) mass is 541 g/mol. The molecule has 2 aromatic heterocycles. The van der Waals surface area contributed by atoms with E-state index < -0.39 is 5.82 Å². The number of ether oxygens (including phenoxy) is 2. The Morgan fingerprint density at radius 2 is 1.87 bits per heavy atom. The lowest BCUT2D eigenvalue weighted by Gasteiger charge is -2.37. The summed E-state index contributed by atoms with van der Waals surface area (Å²) in [6.07, 6.45) is 6.91. The molecule has 0 N–H and O–H groups in total. The summed E-state index contributed by atoms with van der Waals surface area (Å²) in [7, 11) is 0. The molecular formula is C30H37ClFN3O3. The van der Waals surface area contributed by atoms with E-state index in [1.807, 2.05) is 20.8 Å². The number of allylic oxidation sites excluding steroid dienone is 4. The maximum atomic E-state index is 16.3. The molecular weight excluding hydrogens is 505 g/mol. The molecule has 2 heterocycles. The number of ketones is 1. The van der Waals surface area contributed by atoms with Crippen LogP contribution in [0.25, 0.3) is 5.57 Å². The van der Waals surface area contributed by atoms with Crippen LogP contribution in [0.4, 0.5) is 4.39 Å². The highest BCUT2D eigenvalue weighted by Gasteiger charge is 2.38. The van der Waals surface area contributed by atoms with Crippen LogP contribution < -0.4 is 4.74 Å². The minimum atomic E-state index is -0.540. The Morgan fingerprint density at radius 1 is 1.11 bits per heavy atom. The van der Waals surface area contributed by atoms with E-state index in [-0.39, 0.29) is 47.2 Å². The van der Waals surface area contributed by atoms with Crippen molar-refractivity contribution in [1.82, 2.24) is 15.0 Å². The lowest BCUT2D eigenvalue weighted by Crippen LogP contribution is -2.27. The number of carbonyl (C=O) groups excluding carboxylic acids is 1. The number of pyridine rings is 1. The van der Waals surface area contributed by atoms with E-state index in [4.69, 9.17) is 21.1 Å². The van der Waals surface area contributed by atoms with Crippen molar-refractivity contribution in [2.45, 2.75) is 80.3 Å². The molecule has 0 bridgehead atoms. The van der Waals surface area contributed by atoms with Gasteiger partial charge in [-0.2, -0.15) is 4.98 Å². The molecule has 0 radical (unpaired) electrons. The molecule has 0 spiro atoms. The molecule has 0 amide bonds. The van der Waals surface area contributed by atoms with E-state index in [9.17, 15) is 4.79 Å². The van der Waals surface area contributed by atoms with Crippen molar-refractivity contribution in [3.05, 3.63) is 56.9 Å². The van der Waals surface area contributed by atoms with Gasteiger partial charge in [-0.15, -0.1) is 0 Å². The number of rotatable bonds is 10. The Hall–Kier alpha value is -2.64. The molecule has 3 atom stereocenters. The average molecular weight is 542 g/mol. The zero-order valence-corrected chi connectivity index (χ0v) is 23.9. The molecule has 8 heteroatoms. The van der Waals surface area contributed by atoms with Crippen molar-refractivity contribution in [3.63, 3.8) is 0 Å². The fourth-order valence-electron chi connectivity index (χ4n) is 5.53. The van der Waals surface area contributed by atoms with Crippen LogP contribution >= 0.6 is 11.6 Å². The summed E-state index contributed by atoms with van der Waals surface area (Å²) in [5.74, 6) is -0.0998. The number of halogens is 2. The average Bonchev–Trinajstić information content (AvgIpc) is 2.91. The Kier molecular flexibility index (Phi) is 8.99. The van der Waals surface area contributed by atoms with E-state index in [1.54, 1.807) is 6.20 Å². The molecule has 38 heavy (non-hydrogen) atoms. The minimum Gasteiger partial charge on any atom is -0.417 e. The fourth-order valence-corrected chi connectivity index (χ4v) is 5.65. The van der Waals surface area contributed by atoms with Crippen LogP contribution in [-0.4, -0.2) is 27.3 Å². The predicted octanol–water partition coefficient (Wildman–Crippen LogP) is 7.69. The Morgan fingerprint density at radius 3 is 2.55 bits per heavy atom. The lowest BCUT2D eigenvalue weighted by atomic mass is 9.67. The molecule has 6 nitrogen and oxygen atoms in total. The molecule has 0 aliphatic heterocycles. The number of fused-ring (bicyclic) bond motifs is 2. The molecule has 4 rings (SSSR count). The van der Waals surface area contributed by atoms with Crippen LogP contribution in [0.1, 0.15) is 83.9 Å². The molecule has 2 aromatic rings. The number of hydrogen-bond acceptors (Lipinski definition) is 6. The van der Waals surface area contributed by atoms with Crippen molar-refractivity contribution in [3.8, 4) is 11.8 Å². The van der Waals surface area contributed by atoms with Gasteiger partial charge in [-0.1, -0.05) is 40.2 Å². The molecule has 0 fully saturated rings. The number of Topliss-reactive ketones (excluding diaryl/α,β-unsaturated/α-hetero) is 1. The summed E-state index contributed by atoms with van der Waals surface area (Å²) in [5.41, 5.74) is 5.84. The molecule has 204 valence electrons.